The average molecular weight is 228 g/mol. The third-order valence-electron chi connectivity index (χ3n) is 5.76. The molecule has 3 aliphatic rings. The van der Waals surface area contributed by atoms with Crippen LogP contribution in [-0.2, 0) is 5.60 Å². The van der Waals surface area contributed by atoms with Crippen LogP contribution in [0.4, 0.5) is 0 Å². The largest absolute Gasteiger partial charge is 0.385 e. The molecule has 2 bridgehead atoms. The normalized spacial score (nSPS) is 47.4. The van der Waals surface area contributed by atoms with Gasteiger partial charge in [0.2, 0.25) is 0 Å². The van der Waals surface area contributed by atoms with E-state index >= 15 is 0 Å². The maximum absolute atomic E-state index is 11.1. The molecule has 1 heteroatoms. The maximum Gasteiger partial charge on any atom is 0.0930 e. The van der Waals surface area contributed by atoms with Crippen molar-refractivity contribution in [3.8, 4) is 0 Å². The minimum Gasteiger partial charge on any atom is -0.385 e. The van der Waals surface area contributed by atoms with Gasteiger partial charge in [-0.15, -0.1) is 0 Å². The molecule has 1 N–H and O–H groups in total. The molecular weight excluding hydrogens is 208 g/mol. The molecule has 0 aliphatic heterocycles. The van der Waals surface area contributed by atoms with E-state index in [9.17, 15) is 5.11 Å². The van der Waals surface area contributed by atoms with Gasteiger partial charge < -0.3 is 5.11 Å². The summed E-state index contributed by atoms with van der Waals surface area (Å²) < 4.78 is 0. The van der Waals surface area contributed by atoms with Crippen LogP contribution in [-0.4, -0.2) is 5.11 Å². The second-order valence-electron chi connectivity index (χ2n) is 6.36. The molecule has 0 heterocycles. The summed E-state index contributed by atoms with van der Waals surface area (Å²) in [6.45, 7) is 0. The van der Waals surface area contributed by atoms with Crippen molar-refractivity contribution >= 4 is 0 Å². The number of fused-ring (bicyclic) bond motifs is 5. The summed E-state index contributed by atoms with van der Waals surface area (Å²) in [5.41, 5.74) is 0.662. The van der Waals surface area contributed by atoms with Crippen LogP contribution >= 0.6 is 0 Å². The van der Waals surface area contributed by atoms with Crippen LogP contribution in [0.25, 0.3) is 0 Å². The summed E-state index contributed by atoms with van der Waals surface area (Å²) in [4.78, 5) is 0. The molecule has 5 atom stereocenters. The Morgan fingerprint density at radius 2 is 1.82 bits per heavy atom. The molecule has 1 nitrogen and oxygen atoms in total. The number of hydrogen-bond donors (Lipinski definition) is 1. The van der Waals surface area contributed by atoms with E-state index in [-0.39, 0.29) is 0 Å². The van der Waals surface area contributed by atoms with Crippen molar-refractivity contribution in [3.05, 3.63) is 35.9 Å². The monoisotopic (exact) mass is 228 g/mol. The molecule has 1 aromatic carbocycles. The number of benzene rings is 1. The van der Waals surface area contributed by atoms with E-state index in [0.29, 0.717) is 5.92 Å². The van der Waals surface area contributed by atoms with Gasteiger partial charge in [0.05, 0.1) is 5.60 Å². The molecule has 3 aliphatic carbocycles. The third kappa shape index (κ3) is 1.24. The standard InChI is InChI=1S/C16H20O/c17-16(12-5-2-1-3-6-12)10-11-9-15(16)14-8-4-7-13(11)14/h1-3,5-6,11,13-15,17H,4,7-10H2/t11-,13+,14-,15+,16+/m1/s1. The van der Waals surface area contributed by atoms with Crippen molar-refractivity contribution < 1.29 is 5.11 Å². The van der Waals surface area contributed by atoms with Gasteiger partial charge in [-0.1, -0.05) is 36.8 Å². The number of hydrogen-bond acceptors (Lipinski definition) is 1. The highest BCUT2D eigenvalue weighted by Gasteiger charge is 2.60. The summed E-state index contributed by atoms with van der Waals surface area (Å²) in [5.74, 6) is 3.11. The minimum absolute atomic E-state index is 0.503. The summed E-state index contributed by atoms with van der Waals surface area (Å²) in [5, 5.41) is 11.1. The van der Waals surface area contributed by atoms with Crippen molar-refractivity contribution in [1.29, 1.82) is 0 Å². The molecule has 90 valence electrons. The van der Waals surface area contributed by atoms with E-state index in [1.165, 1.54) is 25.7 Å². The van der Waals surface area contributed by atoms with E-state index in [2.05, 4.69) is 24.3 Å². The highest BCUT2D eigenvalue weighted by molar-refractivity contribution is 5.28. The van der Waals surface area contributed by atoms with Gasteiger partial charge in [0.1, 0.15) is 0 Å². The molecule has 17 heavy (non-hydrogen) atoms. The molecular formula is C16H20O. The van der Waals surface area contributed by atoms with Crippen molar-refractivity contribution in [2.75, 3.05) is 0 Å². The smallest absolute Gasteiger partial charge is 0.0930 e. The second-order valence-corrected chi connectivity index (χ2v) is 6.36. The van der Waals surface area contributed by atoms with Crippen LogP contribution in [0.2, 0.25) is 0 Å². The summed E-state index contributed by atoms with van der Waals surface area (Å²) in [6, 6.07) is 10.4. The first-order valence-electron chi connectivity index (χ1n) is 7.07. The highest BCUT2D eigenvalue weighted by atomic mass is 16.3. The van der Waals surface area contributed by atoms with E-state index in [0.717, 1.165) is 29.7 Å². The van der Waals surface area contributed by atoms with Gasteiger partial charge >= 0.3 is 0 Å². The fourth-order valence-corrected chi connectivity index (χ4v) is 5.17. The molecule has 0 radical (unpaired) electrons. The molecule has 0 amide bonds. The SMILES string of the molecule is O[C@]1(c2ccccc2)C[C@H]2C[C@H]1[C@@H]1CCC[C@@H]21. The number of aliphatic hydroxyl groups is 1. The third-order valence-corrected chi connectivity index (χ3v) is 5.76. The van der Waals surface area contributed by atoms with Gasteiger partial charge in [0, 0.05) is 0 Å². The fraction of sp³-hybridized carbons (Fsp3) is 0.625. The first-order chi connectivity index (χ1) is 8.29. The Morgan fingerprint density at radius 3 is 2.65 bits per heavy atom. The molecule has 1 aromatic rings. The van der Waals surface area contributed by atoms with E-state index in [4.69, 9.17) is 0 Å². The molecule has 3 saturated carbocycles. The first kappa shape index (κ1) is 10.1. The Labute approximate surface area is 103 Å². The van der Waals surface area contributed by atoms with Crippen molar-refractivity contribution in [2.45, 2.75) is 37.7 Å². The zero-order chi connectivity index (χ0) is 11.5. The molecule has 0 unspecified atom stereocenters. The van der Waals surface area contributed by atoms with Gasteiger partial charge in [0.15, 0.2) is 0 Å². The van der Waals surface area contributed by atoms with Crippen LogP contribution in [0.3, 0.4) is 0 Å². The summed E-state index contributed by atoms with van der Waals surface area (Å²) >= 11 is 0. The quantitative estimate of drug-likeness (QED) is 0.781. The minimum atomic E-state index is -0.503. The Morgan fingerprint density at radius 1 is 1.06 bits per heavy atom. The number of rotatable bonds is 1. The summed E-state index contributed by atoms with van der Waals surface area (Å²) in [6.07, 6.45) is 6.48. The highest BCUT2D eigenvalue weighted by Crippen LogP contribution is 2.65. The van der Waals surface area contributed by atoms with E-state index < -0.39 is 5.60 Å². The topological polar surface area (TPSA) is 20.2 Å². The van der Waals surface area contributed by atoms with Crippen LogP contribution in [0.5, 0.6) is 0 Å². The Kier molecular flexibility index (Phi) is 2.00. The Bertz CT molecular complexity index is 426. The van der Waals surface area contributed by atoms with Gasteiger partial charge in [-0.05, 0) is 54.9 Å². The lowest BCUT2D eigenvalue weighted by atomic mass is 9.70. The van der Waals surface area contributed by atoms with E-state index in [1.54, 1.807) is 0 Å². The van der Waals surface area contributed by atoms with E-state index in [1.807, 2.05) is 6.07 Å². The van der Waals surface area contributed by atoms with Gasteiger partial charge in [-0.25, -0.2) is 0 Å². The average Bonchev–Trinajstić information content (AvgIpc) is 3.00. The zero-order valence-corrected chi connectivity index (χ0v) is 10.2. The molecule has 0 saturated heterocycles. The molecule has 4 rings (SSSR count). The Hall–Kier alpha value is -0.820. The predicted octanol–water partition coefficient (Wildman–Crippen LogP) is 3.33. The molecule has 0 spiro atoms. The van der Waals surface area contributed by atoms with Crippen molar-refractivity contribution in [1.82, 2.24) is 0 Å². The van der Waals surface area contributed by atoms with Crippen molar-refractivity contribution in [3.63, 3.8) is 0 Å². The zero-order valence-electron chi connectivity index (χ0n) is 10.2. The van der Waals surface area contributed by atoms with Crippen molar-refractivity contribution in [2.24, 2.45) is 23.7 Å². The lowest BCUT2D eigenvalue weighted by molar-refractivity contribution is -0.0512. The Balaban J connectivity index is 1.73. The lowest BCUT2D eigenvalue weighted by Crippen LogP contribution is -2.38. The summed E-state index contributed by atoms with van der Waals surface area (Å²) in [7, 11) is 0. The van der Waals surface area contributed by atoms with Crippen LogP contribution in [0.1, 0.15) is 37.7 Å². The second kappa shape index (κ2) is 3.35. The predicted molar refractivity (Wildman–Crippen MR) is 67.4 cm³/mol. The first-order valence-corrected chi connectivity index (χ1v) is 7.07. The lowest BCUT2D eigenvalue weighted by Gasteiger charge is -2.39. The fourth-order valence-electron chi connectivity index (χ4n) is 5.17. The van der Waals surface area contributed by atoms with Crippen LogP contribution in [0, 0.1) is 23.7 Å². The molecule has 3 fully saturated rings. The van der Waals surface area contributed by atoms with Crippen LogP contribution in [0.15, 0.2) is 30.3 Å². The van der Waals surface area contributed by atoms with Gasteiger partial charge in [0.25, 0.3) is 0 Å². The molecule has 0 aromatic heterocycles. The van der Waals surface area contributed by atoms with Gasteiger partial charge in [-0.2, -0.15) is 0 Å². The maximum atomic E-state index is 11.1. The van der Waals surface area contributed by atoms with Gasteiger partial charge in [-0.3, -0.25) is 0 Å². The van der Waals surface area contributed by atoms with Crippen LogP contribution < -0.4 is 0 Å².